The van der Waals surface area contributed by atoms with Crippen LogP contribution in [0.15, 0.2) is 0 Å². The van der Waals surface area contributed by atoms with E-state index in [2.05, 4.69) is 11.7 Å². The Morgan fingerprint density at radius 2 is 2.06 bits per heavy atom. The quantitative estimate of drug-likeness (QED) is 0.742. The molecule has 1 aliphatic rings. The van der Waals surface area contributed by atoms with E-state index in [1.807, 2.05) is 0 Å². The lowest BCUT2D eigenvalue weighted by atomic mass is 9.88. The molecule has 4 nitrogen and oxygen atoms in total. The standard InChI is InChI=1S/C12H23NO3/c1-9-6-4-5-7-10(9)16-8-12(2,13)11(14)15-3/h9-10H,4-8,13H2,1-3H3. The lowest BCUT2D eigenvalue weighted by Gasteiger charge is -2.31. The first-order valence-corrected chi connectivity index (χ1v) is 5.96. The van der Waals surface area contributed by atoms with E-state index in [4.69, 9.17) is 10.5 Å². The number of carbonyl (C=O) groups is 1. The Hall–Kier alpha value is -0.610. The molecule has 0 aromatic heterocycles. The van der Waals surface area contributed by atoms with Crippen molar-refractivity contribution in [2.24, 2.45) is 11.7 Å². The molecule has 0 radical (unpaired) electrons. The van der Waals surface area contributed by atoms with Gasteiger partial charge < -0.3 is 15.2 Å². The molecule has 1 aliphatic carbocycles. The molecule has 3 unspecified atom stereocenters. The second kappa shape index (κ2) is 5.64. The average Bonchev–Trinajstić information content (AvgIpc) is 2.27. The molecule has 0 spiro atoms. The van der Waals surface area contributed by atoms with Crippen LogP contribution in [0.3, 0.4) is 0 Å². The number of carbonyl (C=O) groups excluding carboxylic acids is 1. The van der Waals surface area contributed by atoms with Gasteiger partial charge in [0.15, 0.2) is 0 Å². The molecule has 0 aliphatic heterocycles. The maximum Gasteiger partial charge on any atom is 0.327 e. The van der Waals surface area contributed by atoms with E-state index < -0.39 is 11.5 Å². The van der Waals surface area contributed by atoms with Crippen LogP contribution in [-0.2, 0) is 14.3 Å². The van der Waals surface area contributed by atoms with E-state index in [1.54, 1.807) is 6.92 Å². The van der Waals surface area contributed by atoms with E-state index in [0.717, 1.165) is 6.42 Å². The molecule has 4 heteroatoms. The summed E-state index contributed by atoms with van der Waals surface area (Å²) in [6, 6.07) is 0. The van der Waals surface area contributed by atoms with Crippen molar-refractivity contribution in [1.82, 2.24) is 0 Å². The summed E-state index contributed by atoms with van der Waals surface area (Å²) >= 11 is 0. The van der Waals surface area contributed by atoms with Crippen molar-refractivity contribution in [2.75, 3.05) is 13.7 Å². The van der Waals surface area contributed by atoms with Crippen molar-refractivity contribution < 1.29 is 14.3 Å². The van der Waals surface area contributed by atoms with Crippen molar-refractivity contribution in [3.8, 4) is 0 Å². The highest BCUT2D eigenvalue weighted by Gasteiger charge is 2.32. The zero-order valence-electron chi connectivity index (χ0n) is 10.5. The molecule has 0 aromatic carbocycles. The first-order chi connectivity index (χ1) is 7.47. The number of methoxy groups -OCH3 is 1. The first-order valence-electron chi connectivity index (χ1n) is 5.96. The second-order valence-electron chi connectivity index (χ2n) is 5.02. The summed E-state index contributed by atoms with van der Waals surface area (Å²) in [5.41, 5.74) is 4.80. The van der Waals surface area contributed by atoms with Gasteiger partial charge in [0.1, 0.15) is 5.54 Å². The molecular weight excluding hydrogens is 206 g/mol. The summed E-state index contributed by atoms with van der Waals surface area (Å²) in [7, 11) is 1.34. The number of esters is 1. The average molecular weight is 229 g/mol. The molecular formula is C12H23NO3. The molecule has 0 amide bonds. The van der Waals surface area contributed by atoms with E-state index in [0.29, 0.717) is 5.92 Å². The molecule has 1 fully saturated rings. The summed E-state index contributed by atoms with van der Waals surface area (Å²) < 4.78 is 10.4. The highest BCUT2D eigenvalue weighted by atomic mass is 16.5. The van der Waals surface area contributed by atoms with Crippen molar-refractivity contribution in [3.05, 3.63) is 0 Å². The molecule has 16 heavy (non-hydrogen) atoms. The molecule has 2 N–H and O–H groups in total. The normalized spacial score (nSPS) is 29.5. The molecule has 1 saturated carbocycles. The van der Waals surface area contributed by atoms with E-state index in [1.165, 1.54) is 26.4 Å². The molecule has 0 heterocycles. The van der Waals surface area contributed by atoms with Gasteiger partial charge in [0.25, 0.3) is 0 Å². The molecule has 3 atom stereocenters. The van der Waals surface area contributed by atoms with E-state index >= 15 is 0 Å². The van der Waals surface area contributed by atoms with Crippen molar-refractivity contribution in [1.29, 1.82) is 0 Å². The Morgan fingerprint density at radius 3 is 2.62 bits per heavy atom. The van der Waals surface area contributed by atoms with Crippen LogP contribution >= 0.6 is 0 Å². The number of rotatable bonds is 4. The minimum absolute atomic E-state index is 0.231. The minimum Gasteiger partial charge on any atom is -0.468 e. The fourth-order valence-electron chi connectivity index (χ4n) is 2.10. The number of hydrogen-bond donors (Lipinski definition) is 1. The van der Waals surface area contributed by atoms with Gasteiger partial charge in [0.05, 0.1) is 19.8 Å². The Morgan fingerprint density at radius 1 is 1.44 bits per heavy atom. The van der Waals surface area contributed by atoms with Crippen molar-refractivity contribution in [2.45, 2.75) is 51.2 Å². The largest absolute Gasteiger partial charge is 0.468 e. The molecule has 0 aromatic rings. The first kappa shape index (κ1) is 13.5. The predicted octanol–water partition coefficient (Wildman–Crippen LogP) is 1.47. The predicted molar refractivity (Wildman–Crippen MR) is 62.0 cm³/mol. The van der Waals surface area contributed by atoms with Crippen LogP contribution in [0, 0.1) is 5.92 Å². The monoisotopic (exact) mass is 229 g/mol. The highest BCUT2D eigenvalue weighted by molar-refractivity contribution is 5.80. The SMILES string of the molecule is COC(=O)C(C)(N)COC1CCCCC1C. The number of hydrogen-bond acceptors (Lipinski definition) is 4. The number of ether oxygens (including phenoxy) is 2. The van der Waals surface area contributed by atoms with Crippen LogP contribution in [0.5, 0.6) is 0 Å². The lowest BCUT2D eigenvalue weighted by molar-refractivity contribution is -0.150. The zero-order valence-corrected chi connectivity index (χ0v) is 10.5. The van der Waals surface area contributed by atoms with Gasteiger partial charge in [-0.15, -0.1) is 0 Å². The van der Waals surface area contributed by atoms with Gasteiger partial charge in [0, 0.05) is 0 Å². The maximum absolute atomic E-state index is 11.4. The lowest BCUT2D eigenvalue weighted by Crippen LogP contribution is -2.51. The molecule has 1 rings (SSSR count). The van der Waals surface area contributed by atoms with E-state index in [-0.39, 0.29) is 12.7 Å². The zero-order chi connectivity index (χ0) is 12.2. The van der Waals surface area contributed by atoms with Gasteiger partial charge in [-0.3, -0.25) is 0 Å². The third-order valence-corrected chi connectivity index (χ3v) is 3.28. The number of nitrogens with two attached hydrogens (primary N) is 1. The van der Waals surface area contributed by atoms with Gasteiger partial charge in [-0.2, -0.15) is 0 Å². The summed E-state index contributed by atoms with van der Waals surface area (Å²) in [6.45, 7) is 4.07. The third-order valence-electron chi connectivity index (χ3n) is 3.28. The molecule has 0 bridgehead atoms. The van der Waals surface area contributed by atoms with Gasteiger partial charge >= 0.3 is 5.97 Å². The summed E-state index contributed by atoms with van der Waals surface area (Å²) in [5, 5.41) is 0. The Balaban J connectivity index is 2.40. The van der Waals surface area contributed by atoms with Crippen molar-refractivity contribution >= 4 is 5.97 Å². The Labute approximate surface area is 97.5 Å². The highest BCUT2D eigenvalue weighted by Crippen LogP contribution is 2.26. The van der Waals surface area contributed by atoms with Crippen LogP contribution in [0.2, 0.25) is 0 Å². The molecule has 0 saturated heterocycles. The summed E-state index contributed by atoms with van der Waals surface area (Å²) in [6.07, 6.45) is 4.98. The van der Waals surface area contributed by atoms with Crippen molar-refractivity contribution in [3.63, 3.8) is 0 Å². The molecule has 94 valence electrons. The van der Waals surface area contributed by atoms with Crippen LogP contribution in [0.1, 0.15) is 39.5 Å². The van der Waals surface area contributed by atoms with Gasteiger partial charge in [-0.25, -0.2) is 4.79 Å². The fourth-order valence-corrected chi connectivity index (χ4v) is 2.10. The van der Waals surface area contributed by atoms with Crippen LogP contribution in [-0.4, -0.2) is 31.3 Å². The van der Waals surface area contributed by atoms with Gasteiger partial charge in [-0.1, -0.05) is 19.8 Å². The van der Waals surface area contributed by atoms with E-state index in [9.17, 15) is 4.79 Å². The smallest absolute Gasteiger partial charge is 0.327 e. The minimum atomic E-state index is -1.04. The van der Waals surface area contributed by atoms with Crippen LogP contribution in [0.25, 0.3) is 0 Å². The maximum atomic E-state index is 11.4. The Bertz CT molecular complexity index is 240. The van der Waals surface area contributed by atoms with Crippen LogP contribution in [0.4, 0.5) is 0 Å². The van der Waals surface area contributed by atoms with Gasteiger partial charge in [-0.05, 0) is 25.7 Å². The van der Waals surface area contributed by atoms with Gasteiger partial charge in [0.2, 0.25) is 0 Å². The second-order valence-corrected chi connectivity index (χ2v) is 5.02. The Kier molecular flexibility index (Phi) is 4.74. The summed E-state index contributed by atoms with van der Waals surface area (Å²) in [5.74, 6) is 0.137. The fraction of sp³-hybridized carbons (Fsp3) is 0.917. The van der Waals surface area contributed by atoms with Crippen LogP contribution < -0.4 is 5.73 Å². The topological polar surface area (TPSA) is 61.5 Å². The summed E-state index contributed by atoms with van der Waals surface area (Å²) in [4.78, 5) is 11.4. The third kappa shape index (κ3) is 3.46.